The number of ether oxygens (including phenoxy) is 1. The van der Waals surface area contributed by atoms with Gasteiger partial charge in [-0.15, -0.1) is 0 Å². The van der Waals surface area contributed by atoms with E-state index in [1.165, 1.54) is 0 Å². The molecule has 2 N–H and O–H groups in total. The maximum atomic E-state index is 12.0. The number of likely N-dealkylation sites (tertiary alicyclic amines) is 1. The van der Waals surface area contributed by atoms with Crippen molar-refractivity contribution in [3.8, 4) is 0 Å². The maximum absolute atomic E-state index is 12.0. The van der Waals surface area contributed by atoms with E-state index in [0.29, 0.717) is 38.6 Å². The number of carbonyl (C=O) groups excluding carboxylic acids is 2. The van der Waals surface area contributed by atoms with Gasteiger partial charge < -0.3 is 15.4 Å². The Balaban J connectivity index is 2.29. The second-order valence-corrected chi connectivity index (χ2v) is 5.29. The minimum Gasteiger partial charge on any atom is -0.466 e. The summed E-state index contributed by atoms with van der Waals surface area (Å²) in [5.41, 5.74) is 5.54. The van der Waals surface area contributed by atoms with Crippen molar-refractivity contribution >= 4 is 11.9 Å². The second-order valence-electron chi connectivity index (χ2n) is 5.29. The van der Waals surface area contributed by atoms with Gasteiger partial charge in [0.15, 0.2) is 0 Å². The summed E-state index contributed by atoms with van der Waals surface area (Å²) in [6, 6.07) is 0. The van der Waals surface area contributed by atoms with Crippen LogP contribution in [0.15, 0.2) is 0 Å². The quantitative estimate of drug-likeness (QED) is 0.735. The fraction of sp³-hybridized carbons (Fsp3) is 0.857. The van der Waals surface area contributed by atoms with Crippen LogP contribution in [0.25, 0.3) is 0 Å². The van der Waals surface area contributed by atoms with Crippen LogP contribution < -0.4 is 5.73 Å². The zero-order chi connectivity index (χ0) is 14.3. The molecule has 1 aliphatic rings. The molecule has 5 nitrogen and oxygen atoms in total. The topological polar surface area (TPSA) is 72.6 Å². The first-order valence-corrected chi connectivity index (χ1v) is 7.23. The van der Waals surface area contributed by atoms with Gasteiger partial charge in [0.2, 0.25) is 5.91 Å². The van der Waals surface area contributed by atoms with Crippen molar-refractivity contribution in [2.75, 3.05) is 26.2 Å². The highest BCUT2D eigenvalue weighted by Gasteiger charge is 2.27. The lowest BCUT2D eigenvalue weighted by molar-refractivity contribution is -0.151. The van der Waals surface area contributed by atoms with Crippen LogP contribution in [0.3, 0.4) is 0 Å². The molecule has 1 aliphatic heterocycles. The molecule has 19 heavy (non-hydrogen) atoms. The number of esters is 1. The van der Waals surface area contributed by atoms with Crippen molar-refractivity contribution in [1.82, 2.24) is 4.90 Å². The number of nitrogens with zero attached hydrogens (tertiary/aromatic N) is 1. The molecule has 0 aromatic carbocycles. The SMILES string of the molecule is CCOC(=O)C1CCN(C(=O)CCC(C)CN)CC1. The molecule has 0 aromatic heterocycles. The highest BCUT2D eigenvalue weighted by atomic mass is 16.5. The minimum absolute atomic E-state index is 0.0352. The van der Waals surface area contributed by atoms with Crippen molar-refractivity contribution < 1.29 is 14.3 Å². The zero-order valence-electron chi connectivity index (χ0n) is 12.1. The smallest absolute Gasteiger partial charge is 0.309 e. The maximum Gasteiger partial charge on any atom is 0.309 e. The number of nitrogens with two attached hydrogens (primary N) is 1. The third-order valence-corrected chi connectivity index (χ3v) is 3.72. The Kier molecular flexibility index (Phi) is 6.84. The highest BCUT2D eigenvalue weighted by molar-refractivity contribution is 5.77. The third kappa shape index (κ3) is 5.19. The van der Waals surface area contributed by atoms with E-state index in [-0.39, 0.29) is 17.8 Å². The summed E-state index contributed by atoms with van der Waals surface area (Å²) in [7, 11) is 0. The van der Waals surface area contributed by atoms with Gasteiger partial charge in [-0.25, -0.2) is 0 Å². The molecule has 1 saturated heterocycles. The van der Waals surface area contributed by atoms with E-state index in [2.05, 4.69) is 6.92 Å². The number of amides is 1. The number of piperidine rings is 1. The van der Waals surface area contributed by atoms with E-state index in [4.69, 9.17) is 10.5 Å². The lowest BCUT2D eigenvalue weighted by Gasteiger charge is -2.31. The van der Waals surface area contributed by atoms with Crippen molar-refractivity contribution in [3.63, 3.8) is 0 Å². The summed E-state index contributed by atoms with van der Waals surface area (Å²) in [6.45, 7) is 6.25. The molecule has 1 unspecified atom stereocenters. The van der Waals surface area contributed by atoms with Crippen molar-refractivity contribution in [3.05, 3.63) is 0 Å². The van der Waals surface area contributed by atoms with Gasteiger partial charge in [-0.05, 0) is 38.6 Å². The van der Waals surface area contributed by atoms with Crippen LogP contribution in [0.5, 0.6) is 0 Å². The normalized spacial score (nSPS) is 18.2. The minimum atomic E-state index is -0.119. The molecule has 1 rings (SSSR count). The van der Waals surface area contributed by atoms with Crippen LogP contribution in [-0.2, 0) is 14.3 Å². The Bertz CT molecular complexity index is 299. The number of rotatable bonds is 6. The summed E-state index contributed by atoms with van der Waals surface area (Å²) in [4.78, 5) is 25.4. The van der Waals surface area contributed by atoms with Gasteiger partial charge in [-0.2, -0.15) is 0 Å². The van der Waals surface area contributed by atoms with Crippen molar-refractivity contribution in [2.45, 2.75) is 39.5 Å². The lowest BCUT2D eigenvalue weighted by Crippen LogP contribution is -2.40. The van der Waals surface area contributed by atoms with Crippen LogP contribution in [0, 0.1) is 11.8 Å². The molecule has 0 saturated carbocycles. The molecule has 110 valence electrons. The summed E-state index contributed by atoms with van der Waals surface area (Å²) in [5.74, 6) is 0.418. The summed E-state index contributed by atoms with van der Waals surface area (Å²) in [5, 5.41) is 0. The van der Waals surface area contributed by atoms with Gasteiger partial charge in [0.05, 0.1) is 12.5 Å². The lowest BCUT2D eigenvalue weighted by atomic mass is 9.96. The van der Waals surface area contributed by atoms with Crippen LogP contribution in [0.1, 0.15) is 39.5 Å². The van der Waals surface area contributed by atoms with Gasteiger partial charge in [0.1, 0.15) is 0 Å². The Morgan fingerprint density at radius 2 is 2.00 bits per heavy atom. The molecule has 0 radical (unpaired) electrons. The molecule has 1 atom stereocenters. The summed E-state index contributed by atoms with van der Waals surface area (Å²) in [6.07, 6.45) is 2.84. The first kappa shape index (κ1) is 16.0. The molecule has 1 heterocycles. The van der Waals surface area contributed by atoms with E-state index in [0.717, 1.165) is 19.3 Å². The van der Waals surface area contributed by atoms with Crippen molar-refractivity contribution in [2.24, 2.45) is 17.6 Å². The first-order chi connectivity index (χ1) is 9.08. The van der Waals surface area contributed by atoms with E-state index in [9.17, 15) is 9.59 Å². The molecular weight excluding hydrogens is 244 g/mol. The number of carbonyl (C=O) groups is 2. The number of hydrogen-bond acceptors (Lipinski definition) is 4. The van der Waals surface area contributed by atoms with Crippen LogP contribution in [0.2, 0.25) is 0 Å². The average Bonchev–Trinajstić information content (AvgIpc) is 2.44. The van der Waals surface area contributed by atoms with E-state index in [1.807, 2.05) is 11.8 Å². The van der Waals surface area contributed by atoms with Gasteiger partial charge in [-0.3, -0.25) is 9.59 Å². The van der Waals surface area contributed by atoms with Crippen LogP contribution in [-0.4, -0.2) is 43.0 Å². The summed E-state index contributed by atoms with van der Waals surface area (Å²) >= 11 is 0. The van der Waals surface area contributed by atoms with E-state index >= 15 is 0 Å². The molecule has 0 aromatic rings. The Hall–Kier alpha value is -1.10. The predicted molar refractivity (Wildman–Crippen MR) is 73.4 cm³/mol. The molecule has 5 heteroatoms. The van der Waals surface area contributed by atoms with Crippen LogP contribution in [0.4, 0.5) is 0 Å². The molecule has 0 spiro atoms. The molecule has 1 fully saturated rings. The van der Waals surface area contributed by atoms with E-state index < -0.39 is 0 Å². The van der Waals surface area contributed by atoms with Gasteiger partial charge >= 0.3 is 5.97 Å². The van der Waals surface area contributed by atoms with Gasteiger partial charge in [0.25, 0.3) is 0 Å². The molecular formula is C14H26N2O3. The van der Waals surface area contributed by atoms with Crippen molar-refractivity contribution in [1.29, 1.82) is 0 Å². The standard InChI is InChI=1S/C14H26N2O3/c1-3-19-14(18)12-6-8-16(9-7-12)13(17)5-4-11(2)10-15/h11-12H,3-10,15H2,1-2H3. The average molecular weight is 270 g/mol. The Morgan fingerprint density at radius 1 is 1.37 bits per heavy atom. The Morgan fingerprint density at radius 3 is 2.53 bits per heavy atom. The predicted octanol–water partition coefficient (Wildman–Crippen LogP) is 1.16. The van der Waals surface area contributed by atoms with Gasteiger partial charge in [-0.1, -0.05) is 6.92 Å². The van der Waals surface area contributed by atoms with Gasteiger partial charge in [0, 0.05) is 19.5 Å². The number of hydrogen-bond donors (Lipinski definition) is 1. The molecule has 1 amide bonds. The summed E-state index contributed by atoms with van der Waals surface area (Å²) < 4.78 is 5.01. The van der Waals surface area contributed by atoms with Crippen LogP contribution >= 0.6 is 0 Å². The monoisotopic (exact) mass is 270 g/mol. The first-order valence-electron chi connectivity index (χ1n) is 7.23. The largest absolute Gasteiger partial charge is 0.466 e. The van der Waals surface area contributed by atoms with E-state index in [1.54, 1.807) is 0 Å². The fourth-order valence-electron chi connectivity index (χ4n) is 2.27. The zero-order valence-corrected chi connectivity index (χ0v) is 12.1. The molecule has 0 aliphatic carbocycles. The highest BCUT2D eigenvalue weighted by Crippen LogP contribution is 2.20. The third-order valence-electron chi connectivity index (χ3n) is 3.72. The second kappa shape index (κ2) is 8.15. The fourth-order valence-corrected chi connectivity index (χ4v) is 2.27. The molecule has 0 bridgehead atoms. The Labute approximate surface area is 115 Å².